The first-order valence-corrected chi connectivity index (χ1v) is 9.16. The molecule has 0 aliphatic heterocycles. The Balaban J connectivity index is 1.70. The fraction of sp³-hybridized carbons (Fsp3) is 0.0455. The molecule has 29 heavy (non-hydrogen) atoms. The number of fused-ring (bicyclic) bond motifs is 1. The van der Waals surface area contributed by atoms with Gasteiger partial charge in [-0.1, -0.05) is 29.8 Å². The zero-order chi connectivity index (χ0) is 20.4. The number of hydrogen-bond donors (Lipinski definition) is 1. The van der Waals surface area contributed by atoms with E-state index in [1.807, 2.05) is 0 Å². The van der Waals surface area contributed by atoms with Gasteiger partial charge in [0.15, 0.2) is 0 Å². The third-order valence-corrected chi connectivity index (χ3v) is 4.80. The van der Waals surface area contributed by atoms with Gasteiger partial charge < -0.3 is 10.1 Å². The Morgan fingerprint density at radius 3 is 2.69 bits per heavy atom. The van der Waals surface area contributed by atoms with Gasteiger partial charge in [-0.25, -0.2) is 4.98 Å². The summed E-state index contributed by atoms with van der Waals surface area (Å²) in [5.41, 5.74) is 1.73. The Bertz CT molecular complexity index is 1280. The normalized spacial score (nSPS) is 10.7. The van der Waals surface area contributed by atoms with Crippen LogP contribution in [-0.4, -0.2) is 22.6 Å². The summed E-state index contributed by atoms with van der Waals surface area (Å²) in [6.45, 7) is 0. The lowest BCUT2D eigenvalue weighted by atomic mass is 10.1. The summed E-state index contributed by atoms with van der Waals surface area (Å²) >= 11 is 6.09. The van der Waals surface area contributed by atoms with Crippen LogP contribution in [0.15, 0.2) is 77.9 Å². The van der Waals surface area contributed by atoms with Crippen molar-refractivity contribution in [3.8, 4) is 11.4 Å². The smallest absolute Gasteiger partial charge is 0.265 e. The maximum absolute atomic E-state index is 12.9. The SMILES string of the molecule is COc1cccc(-n2cnc3cc(C(=O)Nc4ccccc4Cl)ccc3c2=O)c1. The number of para-hydroxylation sites is 1. The van der Waals surface area contributed by atoms with Gasteiger partial charge in [0.05, 0.1) is 34.4 Å². The minimum absolute atomic E-state index is 0.235. The summed E-state index contributed by atoms with van der Waals surface area (Å²) in [5, 5.41) is 3.61. The summed E-state index contributed by atoms with van der Waals surface area (Å²) in [7, 11) is 1.57. The summed E-state index contributed by atoms with van der Waals surface area (Å²) in [6.07, 6.45) is 1.44. The fourth-order valence-electron chi connectivity index (χ4n) is 2.96. The number of carbonyl (C=O) groups excluding carboxylic acids is 1. The molecular formula is C22H16ClN3O3. The lowest BCUT2D eigenvalue weighted by molar-refractivity contribution is 0.102. The molecule has 1 aromatic heterocycles. The standard InChI is InChI=1S/C22H16ClN3O3/c1-29-16-6-4-5-15(12-16)26-13-24-20-11-14(9-10-17(20)22(26)28)21(27)25-19-8-3-2-7-18(19)23/h2-13H,1H3,(H,25,27). The second kappa shape index (κ2) is 7.77. The van der Waals surface area contributed by atoms with Crippen molar-refractivity contribution >= 4 is 34.1 Å². The van der Waals surface area contributed by atoms with E-state index in [0.29, 0.717) is 38.6 Å². The van der Waals surface area contributed by atoms with Crippen LogP contribution in [0.4, 0.5) is 5.69 Å². The Labute approximate surface area is 171 Å². The molecule has 4 aromatic rings. The van der Waals surface area contributed by atoms with Gasteiger partial charge in [0.1, 0.15) is 12.1 Å². The molecule has 144 valence electrons. The number of benzene rings is 3. The molecule has 0 aliphatic rings. The number of aromatic nitrogens is 2. The second-order valence-corrected chi connectivity index (χ2v) is 6.69. The molecule has 0 atom stereocenters. The maximum atomic E-state index is 12.9. The van der Waals surface area contributed by atoms with E-state index in [0.717, 1.165) is 0 Å². The van der Waals surface area contributed by atoms with Crippen LogP contribution in [0.2, 0.25) is 5.02 Å². The molecular weight excluding hydrogens is 390 g/mol. The fourth-order valence-corrected chi connectivity index (χ4v) is 3.15. The molecule has 4 rings (SSSR count). The second-order valence-electron chi connectivity index (χ2n) is 6.29. The highest BCUT2D eigenvalue weighted by molar-refractivity contribution is 6.33. The monoisotopic (exact) mass is 405 g/mol. The minimum Gasteiger partial charge on any atom is -0.497 e. The van der Waals surface area contributed by atoms with E-state index in [1.165, 1.54) is 10.9 Å². The average molecular weight is 406 g/mol. The molecule has 0 saturated carbocycles. The summed E-state index contributed by atoms with van der Waals surface area (Å²) in [4.78, 5) is 29.8. The molecule has 0 fully saturated rings. The third kappa shape index (κ3) is 3.70. The largest absolute Gasteiger partial charge is 0.497 e. The summed E-state index contributed by atoms with van der Waals surface area (Å²) < 4.78 is 6.65. The topological polar surface area (TPSA) is 73.2 Å². The highest BCUT2D eigenvalue weighted by atomic mass is 35.5. The van der Waals surface area contributed by atoms with Gasteiger partial charge in [-0.05, 0) is 42.5 Å². The Hall–Kier alpha value is -3.64. The van der Waals surface area contributed by atoms with Gasteiger partial charge in [0.2, 0.25) is 0 Å². The Morgan fingerprint density at radius 2 is 1.90 bits per heavy atom. The van der Waals surface area contributed by atoms with Crippen LogP contribution in [0, 0.1) is 0 Å². The van der Waals surface area contributed by atoms with Gasteiger partial charge in [0.25, 0.3) is 11.5 Å². The quantitative estimate of drug-likeness (QED) is 0.549. The van der Waals surface area contributed by atoms with Gasteiger partial charge in [-0.3, -0.25) is 14.2 Å². The predicted octanol–water partition coefficient (Wildman–Crippen LogP) is 4.30. The highest BCUT2D eigenvalue weighted by Gasteiger charge is 2.12. The number of carbonyl (C=O) groups is 1. The van der Waals surface area contributed by atoms with Crippen molar-refractivity contribution in [1.29, 1.82) is 0 Å². The van der Waals surface area contributed by atoms with Crippen molar-refractivity contribution in [2.24, 2.45) is 0 Å². The number of rotatable bonds is 4. The van der Waals surface area contributed by atoms with Crippen LogP contribution in [0.3, 0.4) is 0 Å². The van der Waals surface area contributed by atoms with Crippen molar-refractivity contribution in [3.63, 3.8) is 0 Å². The van der Waals surface area contributed by atoms with E-state index >= 15 is 0 Å². The van der Waals surface area contributed by atoms with Crippen LogP contribution in [0.1, 0.15) is 10.4 Å². The number of nitrogens with one attached hydrogen (secondary N) is 1. The van der Waals surface area contributed by atoms with E-state index in [4.69, 9.17) is 16.3 Å². The van der Waals surface area contributed by atoms with Crippen LogP contribution in [-0.2, 0) is 0 Å². The van der Waals surface area contributed by atoms with Gasteiger partial charge in [-0.2, -0.15) is 0 Å². The molecule has 0 unspecified atom stereocenters. The van der Waals surface area contributed by atoms with Crippen molar-refractivity contribution in [1.82, 2.24) is 9.55 Å². The molecule has 6 nitrogen and oxygen atoms in total. The van der Waals surface area contributed by atoms with E-state index in [2.05, 4.69) is 10.3 Å². The number of nitrogens with zero attached hydrogens (tertiary/aromatic N) is 2. The first-order chi connectivity index (χ1) is 14.1. The van der Waals surface area contributed by atoms with Crippen LogP contribution in [0.25, 0.3) is 16.6 Å². The average Bonchev–Trinajstić information content (AvgIpc) is 2.75. The van der Waals surface area contributed by atoms with Crippen LogP contribution >= 0.6 is 11.6 Å². The molecule has 7 heteroatoms. The number of anilines is 1. The van der Waals surface area contributed by atoms with E-state index in [1.54, 1.807) is 73.8 Å². The van der Waals surface area contributed by atoms with Gasteiger partial charge >= 0.3 is 0 Å². The highest BCUT2D eigenvalue weighted by Crippen LogP contribution is 2.22. The number of halogens is 1. The molecule has 0 aliphatic carbocycles. The Morgan fingerprint density at radius 1 is 1.07 bits per heavy atom. The molecule has 1 N–H and O–H groups in total. The number of methoxy groups -OCH3 is 1. The number of hydrogen-bond acceptors (Lipinski definition) is 4. The lowest BCUT2D eigenvalue weighted by Crippen LogP contribution is -2.19. The molecule has 3 aromatic carbocycles. The van der Waals surface area contributed by atoms with E-state index in [-0.39, 0.29) is 11.5 Å². The third-order valence-electron chi connectivity index (χ3n) is 4.47. The minimum atomic E-state index is -0.334. The van der Waals surface area contributed by atoms with Crippen LogP contribution < -0.4 is 15.6 Å². The van der Waals surface area contributed by atoms with Gasteiger partial charge in [0, 0.05) is 11.6 Å². The van der Waals surface area contributed by atoms with E-state index in [9.17, 15) is 9.59 Å². The summed E-state index contributed by atoms with van der Waals surface area (Å²) in [6, 6.07) is 18.9. The van der Waals surface area contributed by atoms with Crippen molar-refractivity contribution in [2.75, 3.05) is 12.4 Å². The van der Waals surface area contributed by atoms with E-state index < -0.39 is 0 Å². The molecule has 0 radical (unpaired) electrons. The first kappa shape index (κ1) is 18.7. The number of amides is 1. The van der Waals surface area contributed by atoms with Gasteiger partial charge in [-0.15, -0.1) is 0 Å². The number of ether oxygens (including phenoxy) is 1. The van der Waals surface area contributed by atoms with Crippen LogP contribution in [0.5, 0.6) is 5.75 Å². The Kier molecular flexibility index (Phi) is 5.01. The zero-order valence-electron chi connectivity index (χ0n) is 15.4. The molecule has 0 bridgehead atoms. The first-order valence-electron chi connectivity index (χ1n) is 8.78. The predicted molar refractivity (Wildman–Crippen MR) is 113 cm³/mol. The lowest BCUT2D eigenvalue weighted by Gasteiger charge is -2.10. The van der Waals surface area contributed by atoms with Crippen molar-refractivity contribution in [3.05, 3.63) is 94.0 Å². The van der Waals surface area contributed by atoms with Crippen molar-refractivity contribution in [2.45, 2.75) is 0 Å². The maximum Gasteiger partial charge on any atom is 0.265 e. The van der Waals surface area contributed by atoms with Crippen molar-refractivity contribution < 1.29 is 9.53 Å². The molecule has 1 heterocycles. The summed E-state index contributed by atoms with van der Waals surface area (Å²) in [5.74, 6) is 0.305. The molecule has 1 amide bonds. The molecule has 0 saturated heterocycles. The molecule has 0 spiro atoms. The zero-order valence-corrected chi connectivity index (χ0v) is 16.2.